The van der Waals surface area contributed by atoms with Crippen LogP contribution in [-0.4, -0.2) is 39.5 Å². The van der Waals surface area contributed by atoms with E-state index in [0.717, 1.165) is 5.69 Å². The van der Waals surface area contributed by atoms with Crippen LogP contribution in [0.1, 0.15) is 24.5 Å². The van der Waals surface area contributed by atoms with Gasteiger partial charge in [0.25, 0.3) is 11.9 Å². The minimum absolute atomic E-state index is 0.0870. The normalized spacial score (nSPS) is 14.7. The Bertz CT molecular complexity index is 746. The summed E-state index contributed by atoms with van der Waals surface area (Å²) in [4.78, 5) is 16.3. The van der Waals surface area contributed by atoms with Gasteiger partial charge in [0.15, 0.2) is 0 Å². The van der Waals surface area contributed by atoms with E-state index in [1.165, 1.54) is 30.2 Å². The standard InChI is InChI=1S/C11H9ClN8/c12-9-15-10(17-11(16-9)20-6-13-5-14-20)19-4-3-8(18-19)7-1-2-7/h3-7H,1-2H2. The lowest BCUT2D eigenvalue weighted by Crippen LogP contribution is -2.09. The maximum atomic E-state index is 5.93. The predicted molar refractivity (Wildman–Crippen MR) is 68.9 cm³/mol. The second kappa shape index (κ2) is 4.34. The molecule has 0 spiro atoms. The van der Waals surface area contributed by atoms with Crippen molar-refractivity contribution in [2.45, 2.75) is 18.8 Å². The highest BCUT2D eigenvalue weighted by Crippen LogP contribution is 2.38. The van der Waals surface area contributed by atoms with E-state index in [0.29, 0.717) is 17.8 Å². The highest BCUT2D eigenvalue weighted by molar-refractivity contribution is 6.28. The number of rotatable bonds is 3. The summed E-state index contributed by atoms with van der Waals surface area (Å²) < 4.78 is 3.02. The fraction of sp³-hybridized carbons (Fsp3) is 0.273. The molecule has 0 saturated heterocycles. The first-order valence-corrected chi connectivity index (χ1v) is 6.50. The molecule has 3 aromatic heterocycles. The molecule has 0 bridgehead atoms. The summed E-state index contributed by atoms with van der Waals surface area (Å²) in [5, 5.41) is 8.52. The summed E-state index contributed by atoms with van der Waals surface area (Å²) >= 11 is 5.93. The lowest BCUT2D eigenvalue weighted by atomic mass is 10.3. The van der Waals surface area contributed by atoms with E-state index in [9.17, 15) is 0 Å². The monoisotopic (exact) mass is 288 g/mol. The summed E-state index contributed by atoms with van der Waals surface area (Å²) in [6, 6.07) is 1.98. The van der Waals surface area contributed by atoms with Crippen LogP contribution in [0.5, 0.6) is 0 Å². The van der Waals surface area contributed by atoms with Crippen molar-refractivity contribution in [1.29, 1.82) is 0 Å². The first kappa shape index (κ1) is 11.5. The van der Waals surface area contributed by atoms with Crippen molar-refractivity contribution in [2.75, 3.05) is 0 Å². The van der Waals surface area contributed by atoms with Crippen molar-refractivity contribution in [1.82, 2.24) is 39.5 Å². The van der Waals surface area contributed by atoms with Gasteiger partial charge < -0.3 is 0 Å². The molecule has 9 heteroatoms. The van der Waals surface area contributed by atoms with E-state index in [4.69, 9.17) is 11.6 Å². The lowest BCUT2D eigenvalue weighted by Gasteiger charge is -2.03. The van der Waals surface area contributed by atoms with Gasteiger partial charge in [-0.15, -0.1) is 0 Å². The molecule has 3 heterocycles. The van der Waals surface area contributed by atoms with Gasteiger partial charge in [-0.2, -0.15) is 29.8 Å². The Hall–Kier alpha value is -2.35. The fourth-order valence-electron chi connectivity index (χ4n) is 1.89. The highest BCUT2D eigenvalue weighted by atomic mass is 35.5. The smallest absolute Gasteiger partial charge is 0.223 e. The molecule has 1 saturated carbocycles. The lowest BCUT2D eigenvalue weighted by molar-refractivity contribution is 0.734. The van der Waals surface area contributed by atoms with Gasteiger partial charge in [0.1, 0.15) is 12.7 Å². The van der Waals surface area contributed by atoms with Gasteiger partial charge in [-0.3, -0.25) is 0 Å². The number of aromatic nitrogens is 8. The third kappa shape index (κ3) is 2.03. The van der Waals surface area contributed by atoms with Crippen LogP contribution in [-0.2, 0) is 0 Å². The van der Waals surface area contributed by atoms with Crippen molar-refractivity contribution in [3.63, 3.8) is 0 Å². The van der Waals surface area contributed by atoms with Crippen LogP contribution < -0.4 is 0 Å². The third-order valence-corrected chi connectivity index (χ3v) is 3.19. The molecule has 0 aliphatic heterocycles. The molecule has 1 aliphatic carbocycles. The number of hydrogen-bond donors (Lipinski definition) is 0. The quantitative estimate of drug-likeness (QED) is 0.719. The molecular formula is C11H9ClN8. The maximum Gasteiger partial charge on any atom is 0.258 e. The van der Waals surface area contributed by atoms with Crippen molar-refractivity contribution in [2.24, 2.45) is 0 Å². The van der Waals surface area contributed by atoms with Crippen LogP contribution in [0.25, 0.3) is 11.9 Å². The zero-order valence-electron chi connectivity index (χ0n) is 10.3. The van der Waals surface area contributed by atoms with E-state index < -0.39 is 0 Å². The Labute approximate surface area is 118 Å². The average molecular weight is 289 g/mol. The first-order valence-electron chi connectivity index (χ1n) is 6.12. The van der Waals surface area contributed by atoms with Gasteiger partial charge in [0.2, 0.25) is 5.28 Å². The van der Waals surface area contributed by atoms with E-state index >= 15 is 0 Å². The van der Waals surface area contributed by atoms with Gasteiger partial charge >= 0.3 is 0 Å². The molecule has 0 unspecified atom stereocenters. The molecule has 4 rings (SSSR count). The van der Waals surface area contributed by atoms with Gasteiger partial charge in [-0.1, -0.05) is 0 Å². The second-order valence-electron chi connectivity index (χ2n) is 4.50. The average Bonchev–Trinajstić information content (AvgIpc) is 2.97. The van der Waals surface area contributed by atoms with Crippen LogP contribution in [0.15, 0.2) is 24.9 Å². The summed E-state index contributed by atoms with van der Waals surface area (Å²) in [6.45, 7) is 0. The summed E-state index contributed by atoms with van der Waals surface area (Å²) in [5.41, 5.74) is 1.06. The number of hydrogen-bond acceptors (Lipinski definition) is 6. The molecule has 0 amide bonds. The zero-order chi connectivity index (χ0) is 13.5. The zero-order valence-corrected chi connectivity index (χ0v) is 11.0. The molecule has 0 atom stereocenters. The second-order valence-corrected chi connectivity index (χ2v) is 4.84. The maximum absolute atomic E-state index is 5.93. The Balaban J connectivity index is 1.76. The van der Waals surface area contributed by atoms with Gasteiger partial charge in [-0.05, 0) is 30.5 Å². The molecule has 0 radical (unpaired) electrons. The molecule has 3 aromatic rings. The Morgan fingerprint density at radius 1 is 1.10 bits per heavy atom. The fourth-order valence-corrected chi connectivity index (χ4v) is 2.04. The Kier molecular flexibility index (Phi) is 2.49. The predicted octanol–water partition coefficient (Wildman–Crippen LogP) is 1.17. The Morgan fingerprint density at radius 3 is 2.60 bits per heavy atom. The van der Waals surface area contributed by atoms with E-state index in [2.05, 4.69) is 30.1 Å². The largest absolute Gasteiger partial charge is 0.258 e. The molecule has 0 aromatic carbocycles. The molecule has 20 heavy (non-hydrogen) atoms. The molecule has 100 valence electrons. The van der Waals surface area contributed by atoms with Gasteiger partial charge in [-0.25, -0.2) is 9.67 Å². The van der Waals surface area contributed by atoms with Crippen molar-refractivity contribution in [3.05, 3.63) is 35.9 Å². The molecule has 8 nitrogen and oxygen atoms in total. The Morgan fingerprint density at radius 2 is 1.90 bits per heavy atom. The first-order chi connectivity index (χ1) is 9.79. The molecule has 0 N–H and O–H groups in total. The van der Waals surface area contributed by atoms with E-state index in [-0.39, 0.29) is 5.28 Å². The van der Waals surface area contributed by atoms with Crippen LogP contribution in [0.4, 0.5) is 0 Å². The van der Waals surface area contributed by atoms with Crippen LogP contribution in [0.2, 0.25) is 5.28 Å². The SMILES string of the molecule is Clc1nc(-n2cncn2)nc(-n2ccc(C3CC3)n2)n1. The topological polar surface area (TPSA) is 87.2 Å². The van der Waals surface area contributed by atoms with Gasteiger partial charge in [0.05, 0.1) is 5.69 Å². The molecular weight excluding hydrogens is 280 g/mol. The van der Waals surface area contributed by atoms with Crippen molar-refractivity contribution >= 4 is 11.6 Å². The van der Waals surface area contributed by atoms with E-state index in [1.54, 1.807) is 4.68 Å². The van der Waals surface area contributed by atoms with Crippen molar-refractivity contribution < 1.29 is 0 Å². The number of halogens is 1. The third-order valence-electron chi connectivity index (χ3n) is 3.02. The summed E-state index contributed by atoms with van der Waals surface area (Å²) in [6.07, 6.45) is 7.10. The van der Waals surface area contributed by atoms with Gasteiger partial charge in [0, 0.05) is 12.1 Å². The summed E-state index contributed by atoms with van der Waals surface area (Å²) in [5.74, 6) is 1.24. The van der Waals surface area contributed by atoms with Crippen LogP contribution >= 0.6 is 11.6 Å². The molecule has 1 fully saturated rings. The molecule has 1 aliphatic rings. The van der Waals surface area contributed by atoms with E-state index in [1.807, 2.05) is 12.3 Å². The summed E-state index contributed by atoms with van der Waals surface area (Å²) in [7, 11) is 0. The highest BCUT2D eigenvalue weighted by Gasteiger charge is 2.26. The number of nitrogens with zero attached hydrogens (tertiary/aromatic N) is 8. The van der Waals surface area contributed by atoms with Crippen molar-refractivity contribution in [3.8, 4) is 11.9 Å². The minimum atomic E-state index is 0.0870. The minimum Gasteiger partial charge on any atom is -0.223 e. The van der Waals surface area contributed by atoms with Crippen LogP contribution in [0.3, 0.4) is 0 Å². The van der Waals surface area contributed by atoms with Crippen LogP contribution in [0, 0.1) is 0 Å².